The van der Waals surface area contributed by atoms with Crippen LogP contribution in [0.5, 0.6) is 0 Å². The van der Waals surface area contributed by atoms with Crippen LogP contribution in [0.2, 0.25) is 0 Å². The first kappa shape index (κ1) is 8.71. The molecular formula is C7H15NO2S. The Balaban J connectivity index is 0.00000121. The molecule has 1 aliphatic rings. The summed E-state index contributed by atoms with van der Waals surface area (Å²) in [6.07, 6.45) is 0. The molecule has 0 atom stereocenters. The second kappa shape index (κ2) is 3.34. The van der Waals surface area contributed by atoms with Gasteiger partial charge in [-0.3, -0.25) is 9.00 Å². The van der Waals surface area contributed by atoms with Gasteiger partial charge in [0.05, 0.1) is 6.04 Å². The predicted molar refractivity (Wildman–Crippen MR) is 46.8 cm³/mol. The quantitative estimate of drug-likeness (QED) is 0.652. The van der Waals surface area contributed by atoms with E-state index in [-0.39, 0.29) is 19.3 Å². The van der Waals surface area contributed by atoms with Gasteiger partial charge in [0.15, 0.2) is 0 Å². The van der Waals surface area contributed by atoms with E-state index in [1.54, 1.807) is 0 Å². The van der Waals surface area contributed by atoms with Gasteiger partial charge in [0.2, 0.25) is 5.91 Å². The first-order valence-electron chi connectivity index (χ1n) is 3.75. The highest BCUT2D eigenvalue weighted by atomic mass is 32.2. The van der Waals surface area contributed by atoms with Crippen LogP contribution < -0.4 is 5.32 Å². The van der Waals surface area contributed by atoms with Crippen molar-refractivity contribution in [1.29, 1.82) is 0 Å². The smallest absolute Gasteiger partial charge is 0.222 e. The maximum Gasteiger partial charge on any atom is 0.222 e. The highest BCUT2D eigenvalue weighted by Crippen LogP contribution is 2.05. The van der Waals surface area contributed by atoms with Crippen LogP contribution in [0.4, 0.5) is 0 Å². The van der Waals surface area contributed by atoms with Gasteiger partial charge in [-0.2, -0.15) is 0 Å². The van der Waals surface area contributed by atoms with E-state index in [4.69, 9.17) is 0 Å². The van der Waals surface area contributed by atoms with E-state index in [1.165, 1.54) is 0 Å². The molecular weight excluding hydrogens is 162 g/mol. The lowest BCUT2D eigenvalue weighted by Crippen LogP contribution is -2.51. The molecule has 0 unspecified atom stereocenters. The number of hydrogen-bond donors (Lipinski definition) is 1. The van der Waals surface area contributed by atoms with E-state index in [9.17, 15) is 9.00 Å². The molecule has 1 saturated heterocycles. The fourth-order valence-corrected chi connectivity index (χ4v) is 1.82. The standard InChI is InChI=1S/C7H13NO2S.H2/c1-5(2)7(9)8-6-3-11(10)4-6;/h5-6H,3-4H2,1-2H3,(H,8,9);1H. The van der Waals surface area contributed by atoms with Crippen molar-refractivity contribution in [2.45, 2.75) is 19.9 Å². The first-order chi connectivity index (χ1) is 5.09. The van der Waals surface area contributed by atoms with E-state index in [2.05, 4.69) is 5.32 Å². The number of rotatable bonds is 2. The van der Waals surface area contributed by atoms with Crippen molar-refractivity contribution in [1.82, 2.24) is 5.32 Å². The second-order valence-corrected chi connectivity index (χ2v) is 4.68. The SMILES string of the molecule is CC(C)C(=O)NC1CS(=O)C1.[HH]. The minimum Gasteiger partial charge on any atom is -0.351 e. The minimum atomic E-state index is -0.666. The third-order valence-electron chi connectivity index (χ3n) is 1.64. The molecule has 1 N–H and O–H groups in total. The monoisotopic (exact) mass is 177 g/mol. The summed E-state index contributed by atoms with van der Waals surface area (Å²) in [5.74, 6) is 1.37. The Morgan fingerprint density at radius 2 is 2.18 bits per heavy atom. The zero-order chi connectivity index (χ0) is 8.43. The Labute approximate surface area is 70.5 Å². The number of nitrogens with one attached hydrogen (secondary N) is 1. The Morgan fingerprint density at radius 3 is 2.55 bits per heavy atom. The summed E-state index contributed by atoms with van der Waals surface area (Å²) in [7, 11) is -0.666. The van der Waals surface area contributed by atoms with Crippen LogP contribution in [-0.4, -0.2) is 27.7 Å². The lowest BCUT2D eigenvalue weighted by Gasteiger charge is -2.26. The number of hydrogen-bond acceptors (Lipinski definition) is 2. The molecule has 0 saturated carbocycles. The molecule has 1 fully saturated rings. The molecule has 4 heteroatoms. The average molecular weight is 177 g/mol. The van der Waals surface area contributed by atoms with Crippen molar-refractivity contribution >= 4 is 16.7 Å². The minimum absolute atomic E-state index is 0. The first-order valence-corrected chi connectivity index (χ1v) is 5.23. The predicted octanol–water partition coefficient (Wildman–Crippen LogP) is 0.135. The van der Waals surface area contributed by atoms with Gasteiger partial charge in [-0.1, -0.05) is 13.8 Å². The zero-order valence-corrected chi connectivity index (χ0v) is 7.61. The number of carbonyl (C=O) groups excluding carboxylic acids is 1. The summed E-state index contributed by atoms with van der Waals surface area (Å²) < 4.78 is 10.6. The molecule has 0 spiro atoms. The topological polar surface area (TPSA) is 46.2 Å². The van der Waals surface area contributed by atoms with Gasteiger partial charge in [-0.05, 0) is 0 Å². The summed E-state index contributed by atoms with van der Waals surface area (Å²) in [5.41, 5.74) is 0. The van der Waals surface area contributed by atoms with Crippen LogP contribution in [-0.2, 0) is 15.6 Å². The molecule has 11 heavy (non-hydrogen) atoms. The van der Waals surface area contributed by atoms with Crippen molar-refractivity contribution in [2.75, 3.05) is 11.5 Å². The van der Waals surface area contributed by atoms with Gasteiger partial charge in [0.1, 0.15) is 0 Å². The molecule has 66 valence electrons. The van der Waals surface area contributed by atoms with E-state index in [0.29, 0.717) is 11.5 Å². The van der Waals surface area contributed by atoms with Crippen LogP contribution in [0.3, 0.4) is 0 Å². The summed E-state index contributed by atoms with van der Waals surface area (Å²) in [6.45, 7) is 3.70. The normalized spacial score (nSPS) is 29.7. The molecule has 3 nitrogen and oxygen atoms in total. The van der Waals surface area contributed by atoms with Crippen LogP contribution in [0, 0.1) is 5.92 Å². The van der Waals surface area contributed by atoms with Crippen LogP contribution in [0.1, 0.15) is 15.3 Å². The molecule has 1 rings (SSSR count). The van der Waals surface area contributed by atoms with Gasteiger partial charge in [-0.25, -0.2) is 0 Å². The molecule has 0 radical (unpaired) electrons. The van der Waals surface area contributed by atoms with E-state index < -0.39 is 10.8 Å². The molecule has 0 aliphatic carbocycles. The summed E-state index contributed by atoms with van der Waals surface area (Å²) >= 11 is 0. The Bertz CT molecular complexity index is 188. The van der Waals surface area contributed by atoms with Gasteiger partial charge >= 0.3 is 0 Å². The molecule has 1 heterocycles. The summed E-state index contributed by atoms with van der Waals surface area (Å²) in [4.78, 5) is 11.0. The zero-order valence-electron chi connectivity index (χ0n) is 6.79. The van der Waals surface area contributed by atoms with Crippen molar-refractivity contribution < 1.29 is 10.4 Å². The maximum atomic E-state index is 11.0. The number of amides is 1. The van der Waals surface area contributed by atoms with E-state index >= 15 is 0 Å². The second-order valence-electron chi connectivity index (χ2n) is 3.13. The Hall–Kier alpha value is -0.380. The fraction of sp³-hybridized carbons (Fsp3) is 0.857. The molecule has 1 aliphatic heterocycles. The lowest BCUT2D eigenvalue weighted by atomic mass is 10.2. The third-order valence-corrected chi connectivity index (χ3v) is 3.19. The molecule has 0 aromatic heterocycles. The van der Waals surface area contributed by atoms with Crippen molar-refractivity contribution in [3.8, 4) is 0 Å². The van der Waals surface area contributed by atoms with Crippen LogP contribution >= 0.6 is 0 Å². The largest absolute Gasteiger partial charge is 0.351 e. The summed E-state index contributed by atoms with van der Waals surface area (Å²) in [6, 6.07) is 0.172. The third kappa shape index (κ3) is 2.29. The van der Waals surface area contributed by atoms with Crippen molar-refractivity contribution in [3.05, 3.63) is 0 Å². The summed E-state index contributed by atoms with van der Waals surface area (Å²) in [5, 5.41) is 2.81. The van der Waals surface area contributed by atoms with Crippen molar-refractivity contribution in [3.63, 3.8) is 0 Å². The van der Waals surface area contributed by atoms with Gasteiger partial charge < -0.3 is 5.32 Å². The molecule has 1 amide bonds. The Morgan fingerprint density at radius 1 is 1.64 bits per heavy atom. The molecule has 0 aromatic carbocycles. The highest BCUT2D eigenvalue weighted by Gasteiger charge is 2.26. The van der Waals surface area contributed by atoms with Crippen LogP contribution in [0.25, 0.3) is 0 Å². The Kier molecular flexibility index (Phi) is 2.65. The van der Waals surface area contributed by atoms with Gasteiger partial charge in [0, 0.05) is 29.6 Å². The van der Waals surface area contributed by atoms with Gasteiger partial charge in [-0.15, -0.1) is 0 Å². The van der Waals surface area contributed by atoms with Crippen molar-refractivity contribution in [2.24, 2.45) is 5.92 Å². The fourth-order valence-electron chi connectivity index (χ4n) is 0.851. The van der Waals surface area contributed by atoms with E-state index in [1.807, 2.05) is 13.8 Å². The van der Waals surface area contributed by atoms with E-state index in [0.717, 1.165) is 0 Å². The lowest BCUT2D eigenvalue weighted by molar-refractivity contribution is -0.124. The van der Waals surface area contributed by atoms with Gasteiger partial charge in [0.25, 0.3) is 0 Å². The maximum absolute atomic E-state index is 11.0. The molecule has 0 aromatic rings. The molecule has 0 bridgehead atoms. The number of carbonyl (C=O) groups is 1. The van der Waals surface area contributed by atoms with Crippen LogP contribution in [0.15, 0.2) is 0 Å². The highest BCUT2D eigenvalue weighted by molar-refractivity contribution is 7.86. The average Bonchev–Trinajstić information content (AvgIpc) is 1.84.